The van der Waals surface area contributed by atoms with Crippen LogP contribution >= 0.6 is 0 Å². The van der Waals surface area contributed by atoms with Gasteiger partial charge in [-0.25, -0.2) is 0 Å². The molecule has 1 heterocycles. The Bertz CT molecular complexity index is 511. The third kappa shape index (κ3) is 2.37. The maximum Gasteiger partial charge on any atom is 0.0485 e. The first-order chi connectivity index (χ1) is 8.15. The number of hydrogen-bond acceptors (Lipinski definition) is 1. The third-order valence-electron chi connectivity index (χ3n) is 3.48. The number of fused-ring (bicyclic) bond motifs is 1. The number of nitrogens with one attached hydrogen (secondary N) is 1. The predicted octanol–water partition coefficient (Wildman–Crippen LogP) is 3.12. The van der Waals surface area contributed by atoms with E-state index in [-0.39, 0.29) is 0 Å². The van der Waals surface area contributed by atoms with Crippen LogP contribution in [0.3, 0.4) is 0 Å². The van der Waals surface area contributed by atoms with Crippen molar-refractivity contribution in [3.63, 3.8) is 0 Å². The second-order valence-corrected chi connectivity index (χ2v) is 4.85. The van der Waals surface area contributed by atoms with E-state index in [4.69, 9.17) is 0 Å². The van der Waals surface area contributed by atoms with Crippen LogP contribution in [0.2, 0.25) is 0 Å². The molecule has 1 N–H and O–H groups in total. The van der Waals surface area contributed by atoms with Crippen LogP contribution in [0.1, 0.15) is 25.0 Å². The summed E-state index contributed by atoms with van der Waals surface area (Å²) in [5, 5.41) is 4.71. The summed E-state index contributed by atoms with van der Waals surface area (Å²) in [6.45, 7) is 7.62. The Hall–Kier alpha value is -1.28. The standard InChI is InChI=1S/C15H22N2/c1-5-17-10-13(9-12(3)16-4)14-7-6-11(2)8-15(14)17/h6-8,10,12,16H,5,9H2,1-4H3. The highest BCUT2D eigenvalue weighted by Gasteiger charge is 2.10. The first kappa shape index (κ1) is 12.2. The predicted molar refractivity (Wildman–Crippen MR) is 74.6 cm³/mol. The van der Waals surface area contributed by atoms with Crippen LogP contribution < -0.4 is 5.32 Å². The topological polar surface area (TPSA) is 17.0 Å². The Labute approximate surface area is 104 Å². The highest BCUT2D eigenvalue weighted by molar-refractivity contribution is 5.84. The van der Waals surface area contributed by atoms with Gasteiger partial charge in [-0.15, -0.1) is 0 Å². The summed E-state index contributed by atoms with van der Waals surface area (Å²) in [6.07, 6.45) is 3.39. The number of aromatic nitrogens is 1. The van der Waals surface area contributed by atoms with Gasteiger partial charge in [0, 0.05) is 29.7 Å². The Balaban J connectivity index is 2.49. The molecule has 2 rings (SSSR count). The monoisotopic (exact) mass is 230 g/mol. The van der Waals surface area contributed by atoms with Crippen LogP contribution in [0.15, 0.2) is 24.4 Å². The summed E-state index contributed by atoms with van der Waals surface area (Å²) in [7, 11) is 2.02. The molecule has 0 fully saturated rings. The van der Waals surface area contributed by atoms with Crippen LogP contribution in [0.25, 0.3) is 10.9 Å². The molecule has 1 unspecified atom stereocenters. The van der Waals surface area contributed by atoms with Gasteiger partial charge in [0.05, 0.1) is 0 Å². The van der Waals surface area contributed by atoms with Crippen LogP contribution in [0.4, 0.5) is 0 Å². The Morgan fingerprint density at radius 3 is 2.76 bits per heavy atom. The van der Waals surface area contributed by atoms with Gasteiger partial charge in [0.25, 0.3) is 0 Å². The first-order valence-electron chi connectivity index (χ1n) is 6.41. The van der Waals surface area contributed by atoms with Gasteiger partial charge in [0.15, 0.2) is 0 Å². The van der Waals surface area contributed by atoms with Crippen molar-refractivity contribution < 1.29 is 0 Å². The zero-order valence-electron chi connectivity index (χ0n) is 11.2. The Morgan fingerprint density at radius 2 is 2.12 bits per heavy atom. The van der Waals surface area contributed by atoms with Gasteiger partial charge in [0.2, 0.25) is 0 Å². The lowest BCUT2D eigenvalue weighted by molar-refractivity contribution is 0.609. The molecule has 2 heteroatoms. The molecule has 0 aliphatic heterocycles. The number of aryl methyl sites for hydroxylation is 2. The lowest BCUT2D eigenvalue weighted by Gasteiger charge is -2.08. The van der Waals surface area contributed by atoms with E-state index >= 15 is 0 Å². The van der Waals surface area contributed by atoms with Gasteiger partial charge in [-0.3, -0.25) is 0 Å². The van der Waals surface area contributed by atoms with Gasteiger partial charge < -0.3 is 9.88 Å². The van der Waals surface area contributed by atoms with Crippen molar-refractivity contribution in [1.29, 1.82) is 0 Å². The molecule has 2 aromatic rings. The summed E-state index contributed by atoms with van der Waals surface area (Å²) in [6, 6.07) is 7.27. The fourth-order valence-corrected chi connectivity index (χ4v) is 2.33. The fourth-order valence-electron chi connectivity index (χ4n) is 2.33. The van der Waals surface area contributed by atoms with Crippen LogP contribution in [-0.4, -0.2) is 17.7 Å². The minimum absolute atomic E-state index is 0.521. The van der Waals surface area contributed by atoms with E-state index in [1.54, 1.807) is 0 Å². The molecule has 1 atom stereocenters. The van der Waals surface area contributed by atoms with Gasteiger partial charge in [-0.2, -0.15) is 0 Å². The molecular weight excluding hydrogens is 208 g/mol. The van der Waals surface area contributed by atoms with E-state index in [9.17, 15) is 0 Å². The number of benzene rings is 1. The third-order valence-corrected chi connectivity index (χ3v) is 3.48. The SMILES string of the molecule is CCn1cc(CC(C)NC)c2ccc(C)cc21. The molecule has 17 heavy (non-hydrogen) atoms. The van der Waals surface area contributed by atoms with Crippen LogP contribution in [0.5, 0.6) is 0 Å². The second-order valence-electron chi connectivity index (χ2n) is 4.85. The largest absolute Gasteiger partial charge is 0.347 e. The number of hydrogen-bond donors (Lipinski definition) is 1. The Kier molecular flexibility index (Phi) is 3.53. The van der Waals surface area contributed by atoms with Gasteiger partial charge in [-0.05, 0) is 51.4 Å². The van der Waals surface area contributed by atoms with E-state index in [0.717, 1.165) is 13.0 Å². The molecule has 0 amide bonds. The zero-order valence-corrected chi connectivity index (χ0v) is 11.2. The van der Waals surface area contributed by atoms with Crippen molar-refractivity contribution in [3.05, 3.63) is 35.5 Å². The normalized spacial score (nSPS) is 13.2. The Morgan fingerprint density at radius 1 is 1.35 bits per heavy atom. The summed E-state index contributed by atoms with van der Waals surface area (Å²) in [5.74, 6) is 0. The van der Waals surface area contributed by atoms with E-state index in [2.05, 4.69) is 55.1 Å². The minimum Gasteiger partial charge on any atom is -0.347 e. The van der Waals surface area contributed by atoms with Crippen molar-refractivity contribution >= 4 is 10.9 Å². The number of rotatable bonds is 4. The minimum atomic E-state index is 0.521. The zero-order chi connectivity index (χ0) is 12.4. The van der Waals surface area contributed by atoms with Crippen molar-refractivity contribution in [2.24, 2.45) is 0 Å². The van der Waals surface area contributed by atoms with E-state index < -0.39 is 0 Å². The number of likely N-dealkylation sites (N-methyl/N-ethyl adjacent to an activating group) is 1. The van der Waals surface area contributed by atoms with E-state index in [1.807, 2.05) is 7.05 Å². The molecule has 0 spiro atoms. The summed E-state index contributed by atoms with van der Waals surface area (Å²) < 4.78 is 2.35. The molecule has 0 saturated carbocycles. The molecule has 0 saturated heterocycles. The molecule has 1 aromatic carbocycles. The maximum absolute atomic E-state index is 3.31. The molecule has 0 radical (unpaired) electrons. The van der Waals surface area contributed by atoms with Gasteiger partial charge in [-0.1, -0.05) is 12.1 Å². The average molecular weight is 230 g/mol. The highest BCUT2D eigenvalue weighted by atomic mass is 14.9. The molecular formula is C15H22N2. The second kappa shape index (κ2) is 4.92. The molecule has 0 aliphatic carbocycles. The van der Waals surface area contributed by atoms with E-state index in [0.29, 0.717) is 6.04 Å². The fraction of sp³-hybridized carbons (Fsp3) is 0.467. The van der Waals surface area contributed by atoms with Crippen molar-refractivity contribution in [2.45, 2.75) is 39.8 Å². The maximum atomic E-state index is 3.31. The van der Waals surface area contributed by atoms with Crippen LogP contribution in [-0.2, 0) is 13.0 Å². The molecule has 1 aromatic heterocycles. The molecule has 92 valence electrons. The molecule has 0 bridgehead atoms. The van der Waals surface area contributed by atoms with Gasteiger partial charge >= 0.3 is 0 Å². The van der Waals surface area contributed by atoms with Gasteiger partial charge in [0.1, 0.15) is 0 Å². The van der Waals surface area contributed by atoms with Crippen LogP contribution in [0, 0.1) is 6.92 Å². The highest BCUT2D eigenvalue weighted by Crippen LogP contribution is 2.23. The molecule has 2 nitrogen and oxygen atoms in total. The lowest BCUT2D eigenvalue weighted by Crippen LogP contribution is -2.23. The summed E-state index contributed by atoms with van der Waals surface area (Å²) in [5.41, 5.74) is 4.15. The van der Waals surface area contributed by atoms with E-state index in [1.165, 1.54) is 22.0 Å². The number of nitrogens with zero attached hydrogens (tertiary/aromatic N) is 1. The summed E-state index contributed by atoms with van der Waals surface area (Å²) >= 11 is 0. The molecule has 0 aliphatic rings. The first-order valence-corrected chi connectivity index (χ1v) is 6.41. The van der Waals surface area contributed by atoms with Crippen molar-refractivity contribution in [1.82, 2.24) is 9.88 Å². The van der Waals surface area contributed by atoms with Crippen molar-refractivity contribution in [2.75, 3.05) is 7.05 Å². The smallest absolute Gasteiger partial charge is 0.0485 e. The quantitative estimate of drug-likeness (QED) is 0.854. The summed E-state index contributed by atoms with van der Waals surface area (Å²) in [4.78, 5) is 0. The van der Waals surface area contributed by atoms with Crippen molar-refractivity contribution in [3.8, 4) is 0 Å². The lowest BCUT2D eigenvalue weighted by atomic mass is 10.1. The average Bonchev–Trinajstić information content (AvgIpc) is 2.66.